The highest BCUT2D eigenvalue weighted by Crippen LogP contribution is 2.13. The van der Waals surface area contributed by atoms with Crippen LogP contribution in [0.15, 0.2) is 42.5 Å². The molecule has 0 heterocycles. The maximum absolute atomic E-state index is 13.5. The van der Waals surface area contributed by atoms with Gasteiger partial charge in [0.25, 0.3) is 0 Å². The third kappa shape index (κ3) is 4.32. The molecule has 20 heavy (non-hydrogen) atoms. The minimum absolute atomic E-state index is 0.146. The Morgan fingerprint density at radius 2 is 1.95 bits per heavy atom. The maximum atomic E-state index is 13.5. The van der Waals surface area contributed by atoms with Crippen molar-refractivity contribution in [2.75, 3.05) is 0 Å². The van der Waals surface area contributed by atoms with E-state index in [2.05, 4.69) is 18.3 Å². The highest BCUT2D eigenvalue weighted by Gasteiger charge is 2.05. The second-order valence-electron chi connectivity index (χ2n) is 5.20. The molecule has 1 nitrogen and oxygen atoms in total. The van der Waals surface area contributed by atoms with Gasteiger partial charge in [-0.3, -0.25) is 0 Å². The van der Waals surface area contributed by atoms with E-state index in [1.807, 2.05) is 30.3 Å². The van der Waals surface area contributed by atoms with Crippen molar-refractivity contribution in [3.8, 4) is 0 Å². The molecule has 1 unspecified atom stereocenters. The molecule has 0 aliphatic heterocycles. The van der Waals surface area contributed by atoms with Crippen LogP contribution in [0.25, 0.3) is 0 Å². The Balaban J connectivity index is 1.88. The molecule has 0 aromatic heterocycles. The van der Waals surface area contributed by atoms with Crippen molar-refractivity contribution in [3.05, 3.63) is 70.0 Å². The van der Waals surface area contributed by atoms with Gasteiger partial charge in [0.15, 0.2) is 0 Å². The fourth-order valence-electron chi connectivity index (χ4n) is 2.13. The average molecular weight is 292 g/mol. The van der Waals surface area contributed by atoms with Gasteiger partial charge in [-0.25, -0.2) is 4.39 Å². The lowest BCUT2D eigenvalue weighted by atomic mass is 10.1. The van der Waals surface area contributed by atoms with Crippen LogP contribution in [0.4, 0.5) is 4.39 Å². The van der Waals surface area contributed by atoms with Crippen molar-refractivity contribution in [1.29, 1.82) is 0 Å². The lowest BCUT2D eigenvalue weighted by Crippen LogP contribution is -2.27. The number of nitrogens with one attached hydrogen (secondary N) is 1. The van der Waals surface area contributed by atoms with Gasteiger partial charge < -0.3 is 5.32 Å². The number of aryl methyl sites for hydroxylation is 1. The van der Waals surface area contributed by atoms with Crippen LogP contribution < -0.4 is 5.32 Å². The maximum Gasteiger partial charge on any atom is 0.126 e. The summed E-state index contributed by atoms with van der Waals surface area (Å²) < 4.78 is 13.5. The van der Waals surface area contributed by atoms with E-state index in [1.54, 1.807) is 13.0 Å². The Morgan fingerprint density at radius 3 is 2.65 bits per heavy atom. The third-order valence-corrected chi connectivity index (χ3v) is 3.56. The molecule has 2 aromatic rings. The Hall–Kier alpha value is -1.38. The van der Waals surface area contributed by atoms with Crippen molar-refractivity contribution in [2.24, 2.45) is 0 Å². The molecule has 0 saturated heterocycles. The molecule has 0 bridgehead atoms. The SMILES string of the molecule is Cc1ccc(CNC(C)Cc2cccc(Cl)c2)cc1F. The first kappa shape index (κ1) is 15.0. The molecule has 0 amide bonds. The molecule has 3 heteroatoms. The predicted octanol–water partition coefficient (Wildman–Crippen LogP) is 4.51. The van der Waals surface area contributed by atoms with Gasteiger partial charge in [0, 0.05) is 17.6 Å². The molecule has 1 N–H and O–H groups in total. The highest BCUT2D eigenvalue weighted by molar-refractivity contribution is 6.30. The quantitative estimate of drug-likeness (QED) is 0.855. The predicted molar refractivity (Wildman–Crippen MR) is 82.6 cm³/mol. The Kier molecular flexibility index (Phi) is 5.16. The molecule has 0 aliphatic rings. The minimum atomic E-state index is -0.146. The van der Waals surface area contributed by atoms with Crippen molar-refractivity contribution in [3.63, 3.8) is 0 Å². The van der Waals surface area contributed by atoms with Crippen LogP contribution in [0.3, 0.4) is 0 Å². The van der Waals surface area contributed by atoms with Crippen LogP contribution in [0.5, 0.6) is 0 Å². The number of hydrogen-bond acceptors (Lipinski definition) is 1. The average Bonchev–Trinajstić information content (AvgIpc) is 2.40. The van der Waals surface area contributed by atoms with Gasteiger partial charge in [-0.05, 0) is 55.2 Å². The molecule has 2 rings (SSSR count). The van der Waals surface area contributed by atoms with E-state index in [0.717, 1.165) is 17.0 Å². The fourth-order valence-corrected chi connectivity index (χ4v) is 2.34. The highest BCUT2D eigenvalue weighted by atomic mass is 35.5. The van der Waals surface area contributed by atoms with Gasteiger partial charge in [-0.1, -0.05) is 35.9 Å². The zero-order valence-corrected chi connectivity index (χ0v) is 12.5. The van der Waals surface area contributed by atoms with Crippen molar-refractivity contribution in [1.82, 2.24) is 5.32 Å². The first-order valence-electron chi connectivity index (χ1n) is 6.77. The van der Waals surface area contributed by atoms with Gasteiger partial charge in [0.2, 0.25) is 0 Å². The summed E-state index contributed by atoms with van der Waals surface area (Å²) in [5.74, 6) is -0.146. The zero-order chi connectivity index (χ0) is 14.5. The summed E-state index contributed by atoms with van der Waals surface area (Å²) in [6, 6.07) is 13.5. The molecule has 0 spiro atoms. The van der Waals surface area contributed by atoms with Crippen LogP contribution in [0.1, 0.15) is 23.6 Å². The summed E-state index contributed by atoms with van der Waals surface area (Å²) in [4.78, 5) is 0. The van der Waals surface area contributed by atoms with Gasteiger partial charge in [0.1, 0.15) is 5.82 Å². The van der Waals surface area contributed by atoms with Gasteiger partial charge in [0.05, 0.1) is 0 Å². The number of halogens is 2. The lowest BCUT2D eigenvalue weighted by Gasteiger charge is -2.14. The smallest absolute Gasteiger partial charge is 0.126 e. The van der Waals surface area contributed by atoms with Crippen LogP contribution >= 0.6 is 11.6 Å². The van der Waals surface area contributed by atoms with E-state index in [-0.39, 0.29) is 5.82 Å². The molecule has 0 radical (unpaired) electrons. The van der Waals surface area contributed by atoms with Gasteiger partial charge in [-0.2, -0.15) is 0 Å². The second-order valence-corrected chi connectivity index (χ2v) is 5.64. The monoisotopic (exact) mass is 291 g/mol. The Morgan fingerprint density at radius 1 is 1.15 bits per heavy atom. The van der Waals surface area contributed by atoms with Gasteiger partial charge in [-0.15, -0.1) is 0 Å². The number of rotatable bonds is 5. The molecule has 0 saturated carbocycles. The summed E-state index contributed by atoms with van der Waals surface area (Å²) in [6.07, 6.45) is 0.898. The Labute approximate surface area is 124 Å². The molecule has 1 atom stereocenters. The molecule has 0 aliphatic carbocycles. The van der Waals surface area contributed by atoms with E-state index in [4.69, 9.17) is 11.6 Å². The van der Waals surface area contributed by atoms with Crippen LogP contribution in [0.2, 0.25) is 5.02 Å². The zero-order valence-electron chi connectivity index (χ0n) is 11.8. The van der Waals surface area contributed by atoms with E-state index >= 15 is 0 Å². The lowest BCUT2D eigenvalue weighted by molar-refractivity contribution is 0.542. The summed E-state index contributed by atoms with van der Waals surface area (Å²) >= 11 is 5.97. The standard InChI is InChI=1S/C17H19ClFN/c1-12-6-7-15(10-17(12)19)11-20-13(2)8-14-4-3-5-16(18)9-14/h3-7,9-10,13,20H,8,11H2,1-2H3. The second kappa shape index (κ2) is 6.87. The summed E-state index contributed by atoms with van der Waals surface area (Å²) in [6.45, 7) is 4.55. The normalized spacial score (nSPS) is 12.4. The first-order chi connectivity index (χ1) is 9.54. The van der Waals surface area contributed by atoms with Gasteiger partial charge >= 0.3 is 0 Å². The summed E-state index contributed by atoms with van der Waals surface area (Å²) in [7, 11) is 0. The number of hydrogen-bond donors (Lipinski definition) is 1. The van der Waals surface area contributed by atoms with Crippen molar-refractivity contribution in [2.45, 2.75) is 32.9 Å². The van der Waals surface area contributed by atoms with Crippen molar-refractivity contribution >= 4 is 11.6 Å². The summed E-state index contributed by atoms with van der Waals surface area (Å²) in [5.41, 5.74) is 2.85. The van der Waals surface area contributed by atoms with E-state index in [0.29, 0.717) is 18.2 Å². The van der Waals surface area contributed by atoms with E-state index in [1.165, 1.54) is 5.56 Å². The van der Waals surface area contributed by atoms with E-state index < -0.39 is 0 Å². The minimum Gasteiger partial charge on any atom is -0.310 e. The molecule has 0 fully saturated rings. The van der Waals surface area contributed by atoms with Crippen molar-refractivity contribution < 1.29 is 4.39 Å². The fraction of sp³-hybridized carbons (Fsp3) is 0.294. The Bertz CT molecular complexity index is 583. The first-order valence-corrected chi connectivity index (χ1v) is 7.15. The largest absolute Gasteiger partial charge is 0.310 e. The molecule has 106 valence electrons. The van der Waals surface area contributed by atoms with E-state index in [9.17, 15) is 4.39 Å². The van der Waals surface area contributed by atoms with Crippen LogP contribution in [-0.2, 0) is 13.0 Å². The molecular formula is C17H19ClFN. The molecular weight excluding hydrogens is 273 g/mol. The summed E-state index contributed by atoms with van der Waals surface area (Å²) in [5, 5.41) is 4.16. The topological polar surface area (TPSA) is 12.0 Å². The molecule has 2 aromatic carbocycles. The third-order valence-electron chi connectivity index (χ3n) is 3.32. The van der Waals surface area contributed by atoms with Crippen LogP contribution in [-0.4, -0.2) is 6.04 Å². The van der Waals surface area contributed by atoms with Crippen LogP contribution in [0, 0.1) is 12.7 Å². The number of benzene rings is 2.